The minimum absolute atomic E-state index is 0.335. The molecule has 0 bridgehead atoms. The Morgan fingerprint density at radius 3 is 2.36 bits per heavy atom. The first kappa shape index (κ1) is 23.0. The maximum absolute atomic E-state index is 6.30. The summed E-state index contributed by atoms with van der Waals surface area (Å²) in [6.45, 7) is 4.77. The van der Waals surface area contributed by atoms with Gasteiger partial charge in [0.05, 0.1) is 13.7 Å². The number of anilines is 1. The summed E-state index contributed by atoms with van der Waals surface area (Å²) in [5.74, 6) is 0.187. The second-order valence-corrected chi connectivity index (χ2v) is 9.78. The highest BCUT2D eigenvalue weighted by molar-refractivity contribution is 6.08. The lowest BCUT2D eigenvalue weighted by atomic mass is 9.89. The molecule has 1 aliphatic heterocycles. The van der Waals surface area contributed by atoms with Gasteiger partial charge in [-0.1, -0.05) is 55.1 Å². The van der Waals surface area contributed by atoms with E-state index in [1.165, 1.54) is 21.5 Å². The Balaban J connectivity index is 1.08. The number of methoxy groups -OCH3 is 1. The summed E-state index contributed by atoms with van der Waals surface area (Å²) >= 11 is 0. The summed E-state index contributed by atoms with van der Waals surface area (Å²) < 4.78 is 11.5. The molecule has 6 rings (SSSR count). The van der Waals surface area contributed by atoms with Crippen LogP contribution in [0.15, 0.2) is 85.4 Å². The summed E-state index contributed by atoms with van der Waals surface area (Å²) in [6.07, 6.45) is 3.11. The molecule has 4 aromatic rings. The van der Waals surface area contributed by atoms with Gasteiger partial charge in [0.25, 0.3) is 0 Å². The van der Waals surface area contributed by atoms with Crippen LogP contribution < -0.4 is 10.1 Å². The topological polar surface area (TPSA) is 49.0 Å². The van der Waals surface area contributed by atoms with E-state index in [0.717, 1.165) is 48.3 Å². The second-order valence-electron chi connectivity index (χ2n) is 9.78. The molecule has 1 saturated carbocycles. The highest BCUT2D eigenvalue weighted by Gasteiger charge is 2.43. The lowest BCUT2D eigenvalue weighted by Crippen LogP contribution is -2.49. The van der Waals surface area contributed by atoms with Crippen LogP contribution in [0.5, 0.6) is 5.75 Å². The van der Waals surface area contributed by atoms with Gasteiger partial charge in [0, 0.05) is 24.6 Å². The van der Waals surface area contributed by atoms with Gasteiger partial charge in [0.2, 0.25) is 5.79 Å². The number of hydrogen-bond donors (Lipinski definition) is 1. The van der Waals surface area contributed by atoms with Gasteiger partial charge in [-0.05, 0) is 75.9 Å². The van der Waals surface area contributed by atoms with Gasteiger partial charge in [0.15, 0.2) is 0 Å². The highest BCUT2D eigenvalue weighted by Crippen LogP contribution is 2.39. The molecule has 5 heteroatoms. The van der Waals surface area contributed by atoms with Crippen LogP contribution in [0.4, 0.5) is 5.69 Å². The van der Waals surface area contributed by atoms with Gasteiger partial charge in [0.1, 0.15) is 11.9 Å². The highest BCUT2D eigenvalue weighted by atomic mass is 17.2. The molecule has 184 valence electrons. The third-order valence-electron chi connectivity index (χ3n) is 7.53. The zero-order valence-electron chi connectivity index (χ0n) is 20.5. The Morgan fingerprint density at radius 1 is 0.917 bits per heavy atom. The largest absolute Gasteiger partial charge is 0.497 e. The van der Waals surface area contributed by atoms with Gasteiger partial charge in [-0.2, -0.15) is 0 Å². The Labute approximate surface area is 211 Å². The number of ether oxygens (including phenoxy) is 2. The summed E-state index contributed by atoms with van der Waals surface area (Å²) in [5, 5.41) is 8.50. The zero-order valence-corrected chi connectivity index (χ0v) is 20.5. The Hall–Kier alpha value is -3.38. The van der Waals surface area contributed by atoms with E-state index in [1.807, 2.05) is 24.3 Å². The molecule has 1 heterocycles. The molecule has 1 unspecified atom stereocenters. The SMILES string of the molecule is C=C(c1ccc2ccc3ccccc3c2c1)C1COC2(CCC(Nc3ccc(OC)cc3)CC2)OO1. The average Bonchev–Trinajstić information content (AvgIpc) is 2.94. The molecule has 0 radical (unpaired) electrons. The summed E-state index contributed by atoms with van der Waals surface area (Å²) in [6, 6.07) is 27.6. The minimum Gasteiger partial charge on any atom is -0.497 e. The van der Waals surface area contributed by atoms with Gasteiger partial charge in [-0.25, -0.2) is 9.78 Å². The van der Waals surface area contributed by atoms with Crippen molar-refractivity contribution in [1.82, 2.24) is 0 Å². The van der Waals surface area contributed by atoms with Gasteiger partial charge in [-0.15, -0.1) is 0 Å². The minimum atomic E-state index is -0.672. The molecule has 1 spiro atoms. The summed E-state index contributed by atoms with van der Waals surface area (Å²) in [5.41, 5.74) is 3.01. The maximum Gasteiger partial charge on any atom is 0.201 e. The number of nitrogens with one attached hydrogen (secondary N) is 1. The molecular weight excluding hydrogens is 450 g/mol. The second kappa shape index (κ2) is 9.58. The van der Waals surface area contributed by atoms with Crippen molar-refractivity contribution < 1.29 is 19.2 Å². The first-order chi connectivity index (χ1) is 17.6. The number of hydrogen-bond acceptors (Lipinski definition) is 5. The van der Waals surface area contributed by atoms with Crippen molar-refractivity contribution in [3.63, 3.8) is 0 Å². The lowest BCUT2D eigenvalue weighted by Gasteiger charge is -2.43. The van der Waals surface area contributed by atoms with Crippen molar-refractivity contribution in [1.29, 1.82) is 0 Å². The van der Waals surface area contributed by atoms with Crippen LogP contribution in [0.25, 0.3) is 27.1 Å². The van der Waals surface area contributed by atoms with E-state index in [4.69, 9.17) is 19.2 Å². The molecule has 4 aromatic carbocycles. The Morgan fingerprint density at radius 2 is 1.64 bits per heavy atom. The lowest BCUT2D eigenvalue weighted by molar-refractivity contribution is -0.483. The fourth-order valence-electron chi connectivity index (χ4n) is 5.32. The zero-order chi connectivity index (χ0) is 24.5. The number of benzene rings is 4. The molecule has 36 heavy (non-hydrogen) atoms. The quantitative estimate of drug-likeness (QED) is 0.243. The Kier molecular flexibility index (Phi) is 6.13. The van der Waals surface area contributed by atoms with Crippen LogP contribution in [-0.2, 0) is 14.5 Å². The van der Waals surface area contributed by atoms with E-state index in [2.05, 4.69) is 66.5 Å². The van der Waals surface area contributed by atoms with Crippen LogP contribution >= 0.6 is 0 Å². The van der Waals surface area contributed by atoms with Crippen LogP contribution in [0.3, 0.4) is 0 Å². The monoisotopic (exact) mass is 481 g/mol. The molecule has 2 aliphatic rings. The summed E-state index contributed by atoms with van der Waals surface area (Å²) in [4.78, 5) is 11.8. The van der Waals surface area contributed by atoms with Gasteiger partial charge in [-0.3, -0.25) is 0 Å². The standard InChI is InChI=1S/C31H31NO4/c1-21(24-10-9-23-8-7-22-5-3-4-6-28(22)29(23)19-24)30-20-34-31(36-35-30)17-15-26(16-18-31)32-25-11-13-27(33-2)14-12-25/h3-14,19,26,30,32H,1,15-18,20H2,2H3. The molecule has 0 amide bonds. The van der Waals surface area contributed by atoms with Crippen molar-refractivity contribution in [3.05, 3.63) is 91.0 Å². The number of fused-ring (bicyclic) bond motifs is 3. The van der Waals surface area contributed by atoms with Gasteiger partial charge < -0.3 is 14.8 Å². The van der Waals surface area contributed by atoms with Crippen molar-refractivity contribution >= 4 is 32.8 Å². The van der Waals surface area contributed by atoms with Crippen molar-refractivity contribution in [2.24, 2.45) is 0 Å². The predicted molar refractivity (Wildman–Crippen MR) is 144 cm³/mol. The summed E-state index contributed by atoms with van der Waals surface area (Å²) in [7, 11) is 1.68. The van der Waals surface area contributed by atoms with Crippen molar-refractivity contribution in [2.75, 3.05) is 19.0 Å². The third-order valence-corrected chi connectivity index (χ3v) is 7.53. The maximum atomic E-state index is 6.30. The van der Waals surface area contributed by atoms with E-state index in [-0.39, 0.29) is 6.10 Å². The van der Waals surface area contributed by atoms with E-state index in [9.17, 15) is 0 Å². The molecular formula is C31H31NO4. The first-order valence-corrected chi connectivity index (χ1v) is 12.6. The molecule has 0 aromatic heterocycles. The normalized spacial score (nSPS) is 24.1. The van der Waals surface area contributed by atoms with E-state index >= 15 is 0 Å². The average molecular weight is 482 g/mol. The molecule has 1 N–H and O–H groups in total. The van der Waals surface area contributed by atoms with Crippen molar-refractivity contribution in [2.45, 2.75) is 43.6 Å². The first-order valence-electron chi connectivity index (χ1n) is 12.6. The van der Waals surface area contributed by atoms with E-state index < -0.39 is 5.79 Å². The molecule has 2 fully saturated rings. The van der Waals surface area contributed by atoms with E-state index in [0.29, 0.717) is 12.6 Å². The fraction of sp³-hybridized carbons (Fsp3) is 0.290. The van der Waals surface area contributed by atoms with Crippen LogP contribution in [0, 0.1) is 0 Å². The smallest absolute Gasteiger partial charge is 0.201 e. The van der Waals surface area contributed by atoms with Crippen LogP contribution in [-0.4, -0.2) is 31.6 Å². The number of rotatable bonds is 5. The Bertz CT molecular complexity index is 1380. The molecule has 1 saturated heterocycles. The predicted octanol–water partition coefficient (Wildman–Crippen LogP) is 7.11. The molecule has 1 atom stereocenters. The fourth-order valence-corrected chi connectivity index (χ4v) is 5.32. The van der Waals surface area contributed by atoms with Gasteiger partial charge >= 0.3 is 0 Å². The van der Waals surface area contributed by atoms with Crippen LogP contribution in [0.2, 0.25) is 0 Å². The van der Waals surface area contributed by atoms with Crippen molar-refractivity contribution in [3.8, 4) is 5.75 Å². The molecule has 1 aliphatic carbocycles. The third kappa shape index (κ3) is 4.46. The van der Waals surface area contributed by atoms with E-state index in [1.54, 1.807) is 7.11 Å². The van der Waals surface area contributed by atoms with Crippen LogP contribution in [0.1, 0.15) is 31.2 Å². The molecule has 5 nitrogen and oxygen atoms in total.